The molecule has 0 bridgehead atoms. The average molecular weight is 637 g/mol. The lowest BCUT2D eigenvalue weighted by molar-refractivity contribution is -0.140. The van der Waals surface area contributed by atoms with Crippen molar-refractivity contribution in [2.24, 2.45) is 5.92 Å². The lowest BCUT2D eigenvalue weighted by Gasteiger charge is -2.38. The van der Waals surface area contributed by atoms with Gasteiger partial charge in [-0.25, -0.2) is 8.70 Å². The molecule has 0 aromatic heterocycles. The number of imide groups is 1. The van der Waals surface area contributed by atoms with Gasteiger partial charge < -0.3 is 20.4 Å². The van der Waals surface area contributed by atoms with Crippen molar-refractivity contribution in [3.05, 3.63) is 58.9 Å². The van der Waals surface area contributed by atoms with E-state index in [9.17, 15) is 28.8 Å². The first kappa shape index (κ1) is 30.7. The Balaban J connectivity index is 0.979. The topological polar surface area (TPSA) is 148 Å². The quantitative estimate of drug-likeness (QED) is 0.277. The molecule has 45 heavy (non-hydrogen) atoms. The smallest absolute Gasteiger partial charge is 0.255 e. The Hall–Kier alpha value is -4.30. The maximum Gasteiger partial charge on any atom is 0.255 e. The number of Topliss-reactive ketones (excluding diaryl/α,β-unsaturated/α-hetero) is 1. The number of carbonyl (C=O) groups is 6. The Bertz CT molecular complexity index is 1570. The fourth-order valence-electron chi connectivity index (χ4n) is 5.93. The van der Waals surface area contributed by atoms with Crippen molar-refractivity contribution in [2.75, 3.05) is 43.4 Å². The van der Waals surface area contributed by atoms with E-state index in [1.807, 2.05) is 0 Å². The molecule has 2 aromatic rings. The third kappa shape index (κ3) is 6.57. The number of rotatable bonds is 9. The predicted molar refractivity (Wildman–Crippen MR) is 163 cm³/mol. The highest BCUT2D eigenvalue weighted by Gasteiger charge is 2.40. The number of carbonyl (C=O) groups excluding carboxylic acids is 6. The highest BCUT2D eigenvalue weighted by Crippen LogP contribution is 2.32. The van der Waals surface area contributed by atoms with Crippen LogP contribution in [0.4, 0.5) is 15.8 Å². The first-order chi connectivity index (χ1) is 21.7. The molecule has 3 fully saturated rings. The summed E-state index contributed by atoms with van der Waals surface area (Å²) in [6.07, 6.45) is 1.43. The number of hydrogen-bond donors (Lipinski definition) is 3. The second-order valence-corrected chi connectivity index (χ2v) is 12.7. The summed E-state index contributed by atoms with van der Waals surface area (Å²) in [5.74, 6) is -2.07. The van der Waals surface area contributed by atoms with Gasteiger partial charge in [0.05, 0.1) is 18.2 Å². The maximum absolute atomic E-state index is 15.2. The number of anilines is 2. The summed E-state index contributed by atoms with van der Waals surface area (Å²) in [7, 11) is 0. The molecule has 3 saturated heterocycles. The third-order valence-corrected chi connectivity index (χ3v) is 9.81. The summed E-state index contributed by atoms with van der Waals surface area (Å²) in [5, 5.41) is 8.04. The zero-order chi connectivity index (χ0) is 31.7. The third-order valence-electron chi connectivity index (χ3n) is 8.64. The monoisotopic (exact) mass is 636 g/mol. The number of piperidine rings is 2. The SMILES string of the molecule is O=C1CCN(SCc2cccc(NC(=O)C3CN(C(=O)CNc4cccc5c4CN(C4CCC(=O)NC4=O)C5=O)C3)c2F)CC1. The van der Waals surface area contributed by atoms with Crippen LogP contribution in [0.5, 0.6) is 0 Å². The minimum absolute atomic E-state index is 0.0586. The van der Waals surface area contributed by atoms with E-state index in [0.29, 0.717) is 54.1 Å². The molecule has 0 saturated carbocycles. The molecule has 0 radical (unpaired) electrons. The molecule has 6 rings (SSSR count). The molecule has 12 nitrogen and oxygen atoms in total. The summed E-state index contributed by atoms with van der Waals surface area (Å²) in [5.41, 5.74) is 2.27. The number of hydrogen-bond acceptors (Lipinski definition) is 9. The van der Waals surface area contributed by atoms with Crippen LogP contribution in [0.1, 0.15) is 47.2 Å². The van der Waals surface area contributed by atoms with Crippen LogP contribution < -0.4 is 16.0 Å². The van der Waals surface area contributed by atoms with Crippen molar-refractivity contribution in [3.63, 3.8) is 0 Å². The van der Waals surface area contributed by atoms with Crippen molar-refractivity contribution >= 4 is 58.6 Å². The highest BCUT2D eigenvalue weighted by atomic mass is 32.2. The predicted octanol–water partition coefficient (Wildman–Crippen LogP) is 1.91. The number of nitrogens with one attached hydrogen (secondary N) is 3. The van der Waals surface area contributed by atoms with Gasteiger partial charge in [-0.05, 0) is 24.6 Å². The minimum atomic E-state index is -0.733. The van der Waals surface area contributed by atoms with Crippen molar-refractivity contribution in [3.8, 4) is 0 Å². The van der Waals surface area contributed by atoms with E-state index >= 15 is 4.39 Å². The van der Waals surface area contributed by atoms with Crippen LogP contribution in [0, 0.1) is 11.7 Å². The standard InChI is InChI=1S/C31H33FN6O6S/c32-28-18(17-45-37-11-9-20(39)10-12-37)3-1-6-24(28)34-29(42)19-14-36(15-19)27(41)13-33-23-5-2-4-21-22(23)16-38(31(21)44)25-7-8-26(40)35-30(25)43/h1-6,19,25,33H,7-17H2,(H,34,42)(H,35,40,43). The van der Waals surface area contributed by atoms with Gasteiger partial charge in [0.15, 0.2) is 5.82 Å². The fourth-order valence-corrected chi connectivity index (χ4v) is 6.92. The summed E-state index contributed by atoms with van der Waals surface area (Å²) in [6.45, 7) is 1.81. The van der Waals surface area contributed by atoms with Crippen LogP contribution in [0.15, 0.2) is 36.4 Å². The lowest BCUT2D eigenvalue weighted by Crippen LogP contribution is -2.55. The molecule has 1 atom stereocenters. The lowest BCUT2D eigenvalue weighted by atomic mass is 9.98. The van der Waals surface area contributed by atoms with Crippen molar-refractivity contribution < 1.29 is 33.2 Å². The Labute approximate surface area is 263 Å². The van der Waals surface area contributed by atoms with Gasteiger partial charge in [-0.2, -0.15) is 0 Å². The molecule has 2 aromatic carbocycles. The highest BCUT2D eigenvalue weighted by molar-refractivity contribution is 7.96. The number of ketones is 1. The molecule has 14 heteroatoms. The molecule has 3 N–H and O–H groups in total. The van der Waals surface area contributed by atoms with Crippen molar-refractivity contribution in [2.45, 2.75) is 44.0 Å². The molecule has 4 heterocycles. The second kappa shape index (κ2) is 13.0. The zero-order valence-corrected chi connectivity index (χ0v) is 25.3. The van der Waals surface area contributed by atoms with E-state index in [1.54, 1.807) is 30.3 Å². The molecular formula is C31H33FN6O6S. The Morgan fingerprint density at radius 3 is 2.47 bits per heavy atom. The summed E-state index contributed by atoms with van der Waals surface area (Å²) < 4.78 is 17.2. The van der Waals surface area contributed by atoms with Crippen LogP contribution in [0.3, 0.4) is 0 Å². The number of halogens is 1. The first-order valence-electron chi connectivity index (χ1n) is 14.9. The molecule has 5 amide bonds. The number of nitrogens with zero attached hydrogens (tertiary/aromatic N) is 3. The maximum atomic E-state index is 15.2. The second-order valence-electron chi connectivity index (χ2n) is 11.6. The van der Waals surface area contributed by atoms with Crippen LogP contribution in [-0.4, -0.2) is 88.2 Å². The number of likely N-dealkylation sites (tertiary alicyclic amines) is 1. The molecule has 4 aliphatic heterocycles. The van der Waals surface area contributed by atoms with Gasteiger partial charge in [0.25, 0.3) is 5.91 Å². The molecular weight excluding hydrogens is 603 g/mol. The minimum Gasteiger partial charge on any atom is -0.376 e. The molecule has 236 valence electrons. The largest absolute Gasteiger partial charge is 0.376 e. The zero-order valence-electron chi connectivity index (χ0n) is 24.5. The van der Waals surface area contributed by atoms with Gasteiger partial charge >= 0.3 is 0 Å². The normalized spacial score (nSPS) is 20.5. The van der Waals surface area contributed by atoms with Crippen LogP contribution in [0.25, 0.3) is 0 Å². The molecule has 0 aliphatic carbocycles. The Kier molecular flexibility index (Phi) is 8.85. The van der Waals surface area contributed by atoms with Gasteiger partial charge in [-0.3, -0.25) is 34.1 Å². The average Bonchev–Trinajstić information content (AvgIpc) is 3.33. The van der Waals surface area contributed by atoms with Crippen molar-refractivity contribution in [1.29, 1.82) is 0 Å². The molecule has 1 unspecified atom stereocenters. The van der Waals surface area contributed by atoms with E-state index < -0.39 is 23.7 Å². The van der Waals surface area contributed by atoms with Gasteiger partial charge in [0.2, 0.25) is 23.6 Å². The number of benzene rings is 2. The van der Waals surface area contributed by atoms with E-state index in [0.717, 1.165) is 0 Å². The van der Waals surface area contributed by atoms with E-state index in [2.05, 4.69) is 20.3 Å². The fraction of sp³-hybridized carbons (Fsp3) is 0.419. The van der Waals surface area contributed by atoms with Gasteiger partial charge in [-0.1, -0.05) is 30.1 Å². The first-order valence-corrected chi connectivity index (χ1v) is 15.9. The van der Waals surface area contributed by atoms with Crippen molar-refractivity contribution in [1.82, 2.24) is 19.4 Å². The van der Waals surface area contributed by atoms with Crippen LogP contribution in [-0.2, 0) is 36.3 Å². The van der Waals surface area contributed by atoms with Gasteiger partial charge in [-0.15, -0.1) is 0 Å². The van der Waals surface area contributed by atoms with E-state index in [-0.39, 0.29) is 74.1 Å². The van der Waals surface area contributed by atoms with E-state index in [1.165, 1.54) is 27.8 Å². The Morgan fingerprint density at radius 2 is 1.71 bits per heavy atom. The van der Waals surface area contributed by atoms with Crippen LogP contribution in [0.2, 0.25) is 0 Å². The molecule has 0 spiro atoms. The summed E-state index contributed by atoms with van der Waals surface area (Å²) in [4.78, 5) is 77.1. The summed E-state index contributed by atoms with van der Waals surface area (Å²) >= 11 is 1.47. The van der Waals surface area contributed by atoms with Gasteiger partial charge in [0.1, 0.15) is 11.8 Å². The van der Waals surface area contributed by atoms with Crippen LogP contribution >= 0.6 is 11.9 Å². The number of amides is 5. The number of fused-ring (bicyclic) bond motifs is 1. The summed E-state index contributed by atoms with van der Waals surface area (Å²) in [6, 6.07) is 9.27. The Morgan fingerprint density at radius 1 is 0.978 bits per heavy atom. The van der Waals surface area contributed by atoms with E-state index in [4.69, 9.17) is 0 Å². The molecule has 4 aliphatic rings. The van der Waals surface area contributed by atoms with Gasteiger partial charge in [0, 0.05) is 80.1 Å².